The minimum absolute atomic E-state index is 0.421. The van der Waals surface area contributed by atoms with Gasteiger partial charge in [-0.2, -0.15) is 4.31 Å². The molecule has 0 spiro atoms. The van der Waals surface area contributed by atoms with E-state index in [4.69, 9.17) is 0 Å². The summed E-state index contributed by atoms with van der Waals surface area (Å²) in [5.74, 6) is 0. The second-order valence-electron chi connectivity index (χ2n) is 7.80. The number of nitrogens with zero attached hydrogens (tertiary/aromatic N) is 1. The molecular formula is C20H29N3O2S+2. The first-order valence-corrected chi connectivity index (χ1v) is 11.1. The molecule has 2 aromatic rings. The molecular weight excluding hydrogens is 346 g/mol. The minimum atomic E-state index is -3.40. The number of likely N-dealkylation sites (N-methyl/N-ethyl adjacent to an activating group) is 1. The summed E-state index contributed by atoms with van der Waals surface area (Å²) in [6, 6.07) is 14.0. The number of fused-ring (bicyclic) bond motifs is 1. The molecule has 2 N–H and O–H groups in total. The summed E-state index contributed by atoms with van der Waals surface area (Å²) in [4.78, 5) is 3.72. The third-order valence-electron chi connectivity index (χ3n) is 6.14. The van der Waals surface area contributed by atoms with Crippen LogP contribution in [0.1, 0.15) is 12.8 Å². The summed E-state index contributed by atoms with van der Waals surface area (Å²) in [7, 11) is -1.14. The van der Waals surface area contributed by atoms with Gasteiger partial charge in [-0.05, 0) is 22.9 Å². The maximum Gasteiger partial charge on any atom is 0.243 e. The maximum atomic E-state index is 13.1. The Morgan fingerprint density at radius 2 is 1.58 bits per heavy atom. The number of nitrogens with one attached hydrogen (secondary N) is 2. The Bertz CT molecular complexity index is 868. The van der Waals surface area contributed by atoms with Crippen molar-refractivity contribution in [2.45, 2.75) is 23.8 Å². The van der Waals surface area contributed by atoms with E-state index >= 15 is 0 Å². The number of hydrogen-bond acceptors (Lipinski definition) is 2. The van der Waals surface area contributed by atoms with Gasteiger partial charge in [-0.1, -0.05) is 30.3 Å². The normalized spacial score (nSPS) is 26.2. The van der Waals surface area contributed by atoms with Gasteiger partial charge >= 0.3 is 0 Å². The zero-order chi connectivity index (χ0) is 18.1. The van der Waals surface area contributed by atoms with Gasteiger partial charge in [0.1, 0.15) is 26.2 Å². The van der Waals surface area contributed by atoms with Gasteiger partial charge in [0.2, 0.25) is 10.0 Å². The quantitative estimate of drug-likeness (QED) is 0.753. The number of quaternary nitrogens is 2. The topological polar surface area (TPSA) is 46.3 Å². The first-order valence-electron chi connectivity index (χ1n) is 9.69. The van der Waals surface area contributed by atoms with Crippen molar-refractivity contribution in [3.8, 4) is 0 Å². The Labute approximate surface area is 156 Å². The Morgan fingerprint density at radius 3 is 2.27 bits per heavy atom. The number of hydrogen-bond donors (Lipinski definition) is 2. The van der Waals surface area contributed by atoms with Gasteiger partial charge in [0, 0.05) is 25.9 Å². The molecule has 4 rings (SSSR count). The van der Waals surface area contributed by atoms with Crippen molar-refractivity contribution in [2.24, 2.45) is 0 Å². The summed E-state index contributed by atoms with van der Waals surface area (Å²) in [5, 5.41) is 2.05. The van der Waals surface area contributed by atoms with Gasteiger partial charge in [-0.25, -0.2) is 8.42 Å². The number of piperazine rings is 1. The van der Waals surface area contributed by atoms with E-state index < -0.39 is 10.0 Å². The van der Waals surface area contributed by atoms with E-state index in [1.807, 2.05) is 36.4 Å². The van der Waals surface area contributed by atoms with Gasteiger partial charge in [0.15, 0.2) is 0 Å². The molecule has 2 aromatic carbocycles. The first-order chi connectivity index (χ1) is 12.5. The van der Waals surface area contributed by atoms with Gasteiger partial charge in [-0.3, -0.25) is 0 Å². The van der Waals surface area contributed by atoms with Crippen LogP contribution in [0.2, 0.25) is 0 Å². The lowest BCUT2D eigenvalue weighted by Gasteiger charge is -2.38. The molecule has 0 aliphatic carbocycles. The van der Waals surface area contributed by atoms with Crippen LogP contribution in [0.3, 0.4) is 0 Å². The van der Waals surface area contributed by atoms with Crippen LogP contribution in [-0.2, 0) is 10.0 Å². The van der Waals surface area contributed by atoms with Crippen LogP contribution in [0.4, 0.5) is 0 Å². The van der Waals surface area contributed by atoms with Crippen LogP contribution in [0.25, 0.3) is 10.8 Å². The predicted molar refractivity (Wildman–Crippen MR) is 103 cm³/mol. The number of piperidine rings is 1. The van der Waals surface area contributed by atoms with Crippen molar-refractivity contribution in [3.05, 3.63) is 42.5 Å². The fraction of sp³-hybridized carbons (Fsp3) is 0.500. The van der Waals surface area contributed by atoms with E-state index in [0.717, 1.165) is 23.6 Å². The Hall–Kier alpha value is -1.47. The highest BCUT2D eigenvalue weighted by molar-refractivity contribution is 7.89. The van der Waals surface area contributed by atoms with Crippen LogP contribution in [0.5, 0.6) is 0 Å². The lowest BCUT2D eigenvalue weighted by molar-refractivity contribution is -1.02. The zero-order valence-electron chi connectivity index (χ0n) is 15.4. The van der Waals surface area contributed by atoms with Crippen molar-refractivity contribution in [3.63, 3.8) is 0 Å². The standard InChI is InChI=1S/C20H27N3O2S/c1-21-12-14-22(15-13-21)19-8-10-23(11-9-19)26(24,25)20-7-6-17-4-2-3-5-18(17)16-20/h2-7,16,19H,8-15H2,1H3/p+2. The SMILES string of the molecule is C[NH+]1CC[NH+](C2CCN(S(=O)(=O)c3ccc4ccccc4c3)CC2)CC1. The molecule has 5 nitrogen and oxygen atoms in total. The molecule has 140 valence electrons. The fourth-order valence-electron chi connectivity index (χ4n) is 4.39. The molecule has 0 bridgehead atoms. The minimum Gasteiger partial charge on any atom is -0.328 e. The largest absolute Gasteiger partial charge is 0.328 e. The molecule has 6 heteroatoms. The highest BCUT2D eigenvalue weighted by Crippen LogP contribution is 2.24. The summed E-state index contributed by atoms with van der Waals surface area (Å²) in [6.45, 7) is 6.18. The van der Waals surface area contributed by atoms with Crippen molar-refractivity contribution < 1.29 is 18.2 Å². The van der Waals surface area contributed by atoms with Gasteiger partial charge in [0.05, 0.1) is 18.0 Å². The molecule has 2 fully saturated rings. The zero-order valence-corrected chi connectivity index (χ0v) is 16.3. The number of benzene rings is 2. The lowest BCUT2D eigenvalue weighted by atomic mass is 10.0. The third-order valence-corrected chi connectivity index (χ3v) is 8.03. The molecule has 26 heavy (non-hydrogen) atoms. The Kier molecular flexibility index (Phi) is 5.01. The second-order valence-corrected chi connectivity index (χ2v) is 9.74. The monoisotopic (exact) mass is 375 g/mol. The first kappa shape index (κ1) is 17.9. The van der Waals surface area contributed by atoms with E-state index in [9.17, 15) is 8.42 Å². The molecule has 2 aliphatic heterocycles. The molecule has 0 saturated carbocycles. The number of sulfonamides is 1. The van der Waals surface area contributed by atoms with Crippen LogP contribution in [0.15, 0.2) is 47.4 Å². The van der Waals surface area contributed by atoms with Crippen LogP contribution < -0.4 is 9.80 Å². The van der Waals surface area contributed by atoms with Gasteiger partial charge < -0.3 is 9.80 Å². The van der Waals surface area contributed by atoms with Crippen LogP contribution in [0, 0.1) is 0 Å². The van der Waals surface area contributed by atoms with Gasteiger partial charge in [-0.15, -0.1) is 0 Å². The van der Waals surface area contributed by atoms with Crippen LogP contribution in [-0.4, -0.2) is 65.1 Å². The van der Waals surface area contributed by atoms with E-state index in [0.29, 0.717) is 24.0 Å². The average Bonchev–Trinajstić information content (AvgIpc) is 2.68. The molecule has 0 amide bonds. The Morgan fingerprint density at radius 1 is 0.923 bits per heavy atom. The highest BCUT2D eigenvalue weighted by atomic mass is 32.2. The molecule has 0 atom stereocenters. The Balaban J connectivity index is 1.45. The third kappa shape index (κ3) is 3.51. The van der Waals surface area contributed by atoms with Crippen LogP contribution >= 0.6 is 0 Å². The highest BCUT2D eigenvalue weighted by Gasteiger charge is 2.35. The van der Waals surface area contributed by atoms with Gasteiger partial charge in [0.25, 0.3) is 0 Å². The van der Waals surface area contributed by atoms with Crippen molar-refractivity contribution in [1.29, 1.82) is 0 Å². The lowest BCUT2D eigenvalue weighted by Crippen LogP contribution is -3.28. The molecule has 0 unspecified atom stereocenters. The van der Waals surface area contributed by atoms with Crippen molar-refractivity contribution >= 4 is 20.8 Å². The van der Waals surface area contributed by atoms with Crippen molar-refractivity contribution in [2.75, 3.05) is 46.3 Å². The molecule has 2 aliphatic rings. The molecule has 2 heterocycles. The second kappa shape index (κ2) is 7.27. The summed E-state index contributed by atoms with van der Waals surface area (Å²) >= 11 is 0. The summed E-state index contributed by atoms with van der Waals surface area (Å²) in [6.07, 6.45) is 1.95. The molecule has 0 radical (unpaired) electrons. The number of rotatable bonds is 3. The van der Waals surface area contributed by atoms with E-state index in [1.54, 1.807) is 20.2 Å². The smallest absolute Gasteiger partial charge is 0.243 e. The molecule has 2 saturated heterocycles. The predicted octanol–water partition coefficient (Wildman–Crippen LogP) is -0.594. The summed E-state index contributed by atoms with van der Waals surface area (Å²) in [5.41, 5.74) is 0. The van der Waals surface area contributed by atoms with E-state index in [1.165, 1.54) is 26.2 Å². The molecule has 0 aromatic heterocycles. The fourth-order valence-corrected chi connectivity index (χ4v) is 5.89. The average molecular weight is 376 g/mol. The summed E-state index contributed by atoms with van der Waals surface area (Å²) < 4.78 is 27.8. The van der Waals surface area contributed by atoms with Crippen molar-refractivity contribution in [1.82, 2.24) is 4.31 Å². The van der Waals surface area contributed by atoms with E-state index in [2.05, 4.69) is 7.05 Å². The maximum absolute atomic E-state index is 13.1. The van der Waals surface area contributed by atoms with E-state index in [-0.39, 0.29) is 0 Å².